The zero-order valence-electron chi connectivity index (χ0n) is 12.1. The highest BCUT2D eigenvalue weighted by Crippen LogP contribution is 2.34. The number of ether oxygens (including phenoxy) is 3. The summed E-state index contributed by atoms with van der Waals surface area (Å²) in [5.74, 6) is 1.42. The van der Waals surface area contributed by atoms with E-state index in [0.717, 1.165) is 0 Å². The van der Waals surface area contributed by atoms with Gasteiger partial charge in [-0.2, -0.15) is 0 Å². The number of carbonyl (C=O) groups excluding carboxylic acids is 2. The van der Waals surface area contributed by atoms with Crippen LogP contribution in [0, 0.1) is 0 Å². The van der Waals surface area contributed by atoms with Gasteiger partial charge in [0.05, 0.1) is 0 Å². The molecule has 23 heavy (non-hydrogen) atoms. The van der Waals surface area contributed by atoms with Crippen molar-refractivity contribution in [1.82, 2.24) is 0 Å². The molecule has 7 nitrogen and oxygen atoms in total. The minimum Gasteiger partial charge on any atom is -0.484 e. The molecule has 0 fully saturated rings. The van der Waals surface area contributed by atoms with E-state index < -0.39 is 0 Å². The van der Waals surface area contributed by atoms with E-state index in [1.165, 1.54) is 0 Å². The summed E-state index contributed by atoms with van der Waals surface area (Å²) in [7, 11) is 0. The Morgan fingerprint density at radius 3 is 2.87 bits per heavy atom. The van der Waals surface area contributed by atoms with Crippen molar-refractivity contribution in [2.75, 3.05) is 24.0 Å². The number of hydrogen-bond donors (Lipinski definition) is 2. The van der Waals surface area contributed by atoms with Crippen molar-refractivity contribution in [3.8, 4) is 17.2 Å². The van der Waals surface area contributed by atoms with E-state index in [9.17, 15) is 9.59 Å². The first-order valence-electron chi connectivity index (χ1n) is 6.87. The van der Waals surface area contributed by atoms with Crippen molar-refractivity contribution in [2.24, 2.45) is 0 Å². The summed E-state index contributed by atoms with van der Waals surface area (Å²) >= 11 is 0. The SMILES string of the molecule is O=CNc1cccc(OCC(=O)Nc2ccc3c(c2)OCO3)c1. The Balaban J connectivity index is 1.55. The Labute approximate surface area is 132 Å². The topological polar surface area (TPSA) is 85.9 Å². The molecule has 2 aromatic rings. The van der Waals surface area contributed by atoms with Crippen molar-refractivity contribution >= 4 is 23.7 Å². The molecule has 1 aliphatic rings. The summed E-state index contributed by atoms with van der Waals surface area (Å²) in [4.78, 5) is 22.3. The fourth-order valence-electron chi connectivity index (χ4n) is 2.06. The molecule has 2 aromatic carbocycles. The number of rotatable bonds is 6. The van der Waals surface area contributed by atoms with Crippen molar-refractivity contribution < 1.29 is 23.8 Å². The molecule has 118 valence electrons. The van der Waals surface area contributed by atoms with Gasteiger partial charge in [-0.3, -0.25) is 9.59 Å². The summed E-state index contributed by atoms with van der Waals surface area (Å²) in [5, 5.41) is 5.22. The average molecular weight is 314 g/mol. The molecule has 7 heteroatoms. The van der Waals surface area contributed by atoms with E-state index in [2.05, 4.69) is 10.6 Å². The average Bonchev–Trinajstić information content (AvgIpc) is 3.01. The van der Waals surface area contributed by atoms with Crippen LogP contribution in [0.5, 0.6) is 17.2 Å². The predicted octanol–water partition coefficient (Wildman–Crippen LogP) is 2.00. The smallest absolute Gasteiger partial charge is 0.262 e. The maximum absolute atomic E-state index is 11.9. The molecule has 3 rings (SSSR count). The second-order valence-electron chi connectivity index (χ2n) is 4.69. The first kappa shape index (κ1) is 14.7. The number of amides is 2. The van der Waals surface area contributed by atoms with Crippen LogP contribution in [0.3, 0.4) is 0 Å². The normalized spacial score (nSPS) is 11.7. The Morgan fingerprint density at radius 1 is 1.13 bits per heavy atom. The Kier molecular flexibility index (Phi) is 4.28. The molecule has 2 N–H and O–H groups in total. The second kappa shape index (κ2) is 6.69. The Hall–Kier alpha value is -3.22. The zero-order valence-corrected chi connectivity index (χ0v) is 12.1. The quantitative estimate of drug-likeness (QED) is 0.797. The van der Waals surface area contributed by atoms with Crippen LogP contribution in [0.2, 0.25) is 0 Å². The van der Waals surface area contributed by atoms with Gasteiger partial charge in [0, 0.05) is 23.5 Å². The Morgan fingerprint density at radius 2 is 2.00 bits per heavy atom. The summed E-state index contributed by atoms with van der Waals surface area (Å²) < 4.78 is 15.8. The molecule has 0 saturated heterocycles. The molecule has 1 aliphatic heterocycles. The number of carbonyl (C=O) groups is 2. The molecule has 0 aliphatic carbocycles. The monoisotopic (exact) mass is 314 g/mol. The van der Waals surface area contributed by atoms with Gasteiger partial charge in [0.2, 0.25) is 13.2 Å². The third-order valence-corrected chi connectivity index (χ3v) is 3.09. The standard InChI is InChI=1S/C16H14N2O5/c19-9-17-11-2-1-3-13(6-11)21-8-16(20)18-12-4-5-14-15(7-12)23-10-22-14/h1-7,9H,8,10H2,(H,17,19)(H,18,20). The van der Waals surface area contributed by atoms with E-state index in [1.54, 1.807) is 42.5 Å². The molecule has 0 radical (unpaired) electrons. The van der Waals surface area contributed by atoms with Gasteiger partial charge in [0.15, 0.2) is 18.1 Å². The van der Waals surface area contributed by atoms with Crippen LogP contribution < -0.4 is 24.8 Å². The zero-order chi connectivity index (χ0) is 16.1. The molecule has 0 unspecified atom stereocenters. The number of benzene rings is 2. The molecule has 0 bridgehead atoms. The number of fused-ring (bicyclic) bond motifs is 1. The molecule has 0 saturated carbocycles. The van der Waals surface area contributed by atoms with Gasteiger partial charge in [-0.1, -0.05) is 6.07 Å². The maximum Gasteiger partial charge on any atom is 0.262 e. The summed E-state index contributed by atoms with van der Waals surface area (Å²) in [6, 6.07) is 11.9. The third kappa shape index (κ3) is 3.70. The van der Waals surface area contributed by atoms with Gasteiger partial charge in [-0.25, -0.2) is 0 Å². The number of hydrogen-bond acceptors (Lipinski definition) is 5. The molecule has 0 atom stereocenters. The van der Waals surface area contributed by atoms with Crippen LogP contribution in [0.15, 0.2) is 42.5 Å². The van der Waals surface area contributed by atoms with Crippen LogP contribution in [-0.2, 0) is 9.59 Å². The van der Waals surface area contributed by atoms with Gasteiger partial charge >= 0.3 is 0 Å². The van der Waals surface area contributed by atoms with Crippen LogP contribution in [0.1, 0.15) is 0 Å². The Bertz CT molecular complexity index is 732. The molecular weight excluding hydrogens is 300 g/mol. The van der Waals surface area contributed by atoms with Crippen LogP contribution in [0.4, 0.5) is 11.4 Å². The minimum atomic E-state index is -0.308. The highest BCUT2D eigenvalue weighted by atomic mass is 16.7. The fraction of sp³-hybridized carbons (Fsp3) is 0.125. The highest BCUT2D eigenvalue weighted by molar-refractivity contribution is 5.92. The van der Waals surface area contributed by atoms with E-state index in [1.807, 2.05) is 0 Å². The lowest BCUT2D eigenvalue weighted by Gasteiger charge is -2.09. The molecule has 1 heterocycles. The predicted molar refractivity (Wildman–Crippen MR) is 82.8 cm³/mol. The van der Waals surface area contributed by atoms with Gasteiger partial charge in [0.25, 0.3) is 5.91 Å². The van der Waals surface area contributed by atoms with E-state index in [0.29, 0.717) is 35.0 Å². The number of nitrogens with one attached hydrogen (secondary N) is 2. The van der Waals surface area contributed by atoms with Crippen LogP contribution in [0.25, 0.3) is 0 Å². The largest absolute Gasteiger partial charge is 0.484 e. The van der Waals surface area contributed by atoms with Crippen molar-refractivity contribution in [2.45, 2.75) is 0 Å². The molecule has 0 aromatic heterocycles. The summed E-state index contributed by atoms with van der Waals surface area (Å²) in [5.41, 5.74) is 1.19. The summed E-state index contributed by atoms with van der Waals surface area (Å²) in [6.45, 7) is 0.0278. The third-order valence-electron chi connectivity index (χ3n) is 3.09. The van der Waals surface area contributed by atoms with E-state index in [4.69, 9.17) is 14.2 Å². The van der Waals surface area contributed by atoms with Crippen molar-refractivity contribution in [3.05, 3.63) is 42.5 Å². The number of anilines is 2. The van der Waals surface area contributed by atoms with Gasteiger partial charge < -0.3 is 24.8 Å². The van der Waals surface area contributed by atoms with E-state index in [-0.39, 0.29) is 19.3 Å². The van der Waals surface area contributed by atoms with E-state index >= 15 is 0 Å². The lowest BCUT2D eigenvalue weighted by atomic mass is 10.3. The molecule has 2 amide bonds. The lowest BCUT2D eigenvalue weighted by molar-refractivity contribution is -0.118. The van der Waals surface area contributed by atoms with Crippen LogP contribution >= 0.6 is 0 Å². The molecule has 0 spiro atoms. The van der Waals surface area contributed by atoms with Crippen LogP contribution in [-0.4, -0.2) is 25.7 Å². The maximum atomic E-state index is 11.9. The first-order chi connectivity index (χ1) is 11.2. The summed E-state index contributed by atoms with van der Waals surface area (Å²) in [6.07, 6.45) is 0.575. The lowest BCUT2D eigenvalue weighted by Crippen LogP contribution is -2.20. The van der Waals surface area contributed by atoms with Gasteiger partial charge in [-0.05, 0) is 24.3 Å². The first-order valence-corrected chi connectivity index (χ1v) is 6.87. The highest BCUT2D eigenvalue weighted by Gasteiger charge is 2.14. The fourth-order valence-corrected chi connectivity index (χ4v) is 2.06. The van der Waals surface area contributed by atoms with Gasteiger partial charge in [0.1, 0.15) is 5.75 Å². The molecular formula is C16H14N2O5. The van der Waals surface area contributed by atoms with Crippen molar-refractivity contribution in [1.29, 1.82) is 0 Å². The second-order valence-corrected chi connectivity index (χ2v) is 4.69. The van der Waals surface area contributed by atoms with Gasteiger partial charge in [-0.15, -0.1) is 0 Å². The van der Waals surface area contributed by atoms with Crippen molar-refractivity contribution in [3.63, 3.8) is 0 Å². The minimum absolute atomic E-state index is 0.154.